The van der Waals surface area contributed by atoms with E-state index < -0.39 is 32.7 Å². The molecular weight excluding hydrogens is 408 g/mol. The summed E-state index contributed by atoms with van der Waals surface area (Å²) in [5.41, 5.74) is 0.0759. The van der Waals surface area contributed by atoms with Crippen molar-refractivity contribution in [1.29, 1.82) is 0 Å². The molecule has 0 aliphatic heterocycles. The fraction of sp³-hybridized carbons (Fsp3) is 0.350. The number of rotatable bonds is 7. The molecule has 1 amide bonds. The summed E-state index contributed by atoms with van der Waals surface area (Å²) in [7, 11) is -3.98. The Balaban J connectivity index is 1.89. The Labute approximate surface area is 172 Å². The van der Waals surface area contributed by atoms with Crippen molar-refractivity contribution < 1.29 is 13.2 Å². The fourth-order valence-electron chi connectivity index (χ4n) is 3.23. The summed E-state index contributed by atoms with van der Waals surface area (Å²) in [6, 6.07) is 3.97. The molecule has 10 heteroatoms. The van der Waals surface area contributed by atoms with Crippen LogP contribution in [0.1, 0.15) is 25.7 Å². The molecule has 0 unspecified atom stereocenters. The molecule has 0 spiro atoms. The molecule has 0 atom stereocenters. The molecule has 4 rings (SSSR count). The van der Waals surface area contributed by atoms with Gasteiger partial charge in [-0.05, 0) is 55.9 Å². The maximum absolute atomic E-state index is 12.9. The van der Waals surface area contributed by atoms with E-state index in [4.69, 9.17) is 6.42 Å². The van der Waals surface area contributed by atoms with Gasteiger partial charge in [0.1, 0.15) is 0 Å². The molecule has 2 saturated carbocycles. The van der Waals surface area contributed by atoms with Crippen LogP contribution < -0.4 is 21.4 Å². The number of hydrogen-bond donors (Lipinski definition) is 2. The lowest BCUT2D eigenvalue weighted by Crippen LogP contribution is -2.46. The van der Waals surface area contributed by atoms with Crippen LogP contribution in [0.4, 0.5) is 0 Å². The van der Waals surface area contributed by atoms with Crippen LogP contribution in [0, 0.1) is 18.3 Å². The van der Waals surface area contributed by atoms with E-state index in [9.17, 15) is 22.8 Å². The van der Waals surface area contributed by atoms with Gasteiger partial charge >= 0.3 is 5.69 Å². The number of fused-ring (bicyclic) bond motifs is 1. The molecule has 0 radical (unpaired) electrons. The maximum atomic E-state index is 12.9. The van der Waals surface area contributed by atoms with E-state index in [2.05, 4.69) is 22.6 Å². The third-order valence-electron chi connectivity index (χ3n) is 5.33. The van der Waals surface area contributed by atoms with Gasteiger partial charge in [-0.2, -0.15) is 9.40 Å². The summed E-state index contributed by atoms with van der Waals surface area (Å²) in [5, 5.41) is -0.00644. The van der Waals surface area contributed by atoms with Crippen molar-refractivity contribution in [2.45, 2.75) is 42.7 Å². The molecule has 156 valence electrons. The third kappa shape index (κ3) is 3.58. The summed E-state index contributed by atoms with van der Waals surface area (Å²) >= 11 is 0. The zero-order valence-corrected chi connectivity index (χ0v) is 16.9. The van der Waals surface area contributed by atoms with Crippen LogP contribution in [0.15, 0.2) is 45.3 Å². The first-order valence-corrected chi connectivity index (χ1v) is 10.9. The normalized spacial score (nSPS) is 17.3. The molecule has 2 aromatic rings. The Hall–Kier alpha value is -3.16. The van der Waals surface area contributed by atoms with Crippen molar-refractivity contribution in [3.63, 3.8) is 0 Å². The summed E-state index contributed by atoms with van der Waals surface area (Å²) in [4.78, 5) is 37.4. The fourth-order valence-corrected chi connectivity index (χ4v) is 4.64. The van der Waals surface area contributed by atoms with Crippen LogP contribution in [0.2, 0.25) is 0 Å². The predicted molar refractivity (Wildman–Crippen MR) is 111 cm³/mol. The second-order valence-corrected chi connectivity index (χ2v) is 9.35. The van der Waals surface area contributed by atoms with Gasteiger partial charge in [-0.25, -0.2) is 13.2 Å². The Morgan fingerprint density at radius 1 is 1.33 bits per heavy atom. The topological polar surface area (TPSA) is 119 Å². The van der Waals surface area contributed by atoms with Crippen molar-refractivity contribution in [2.24, 2.45) is 5.92 Å². The molecule has 2 N–H and O–H groups in total. The van der Waals surface area contributed by atoms with Gasteiger partial charge in [0.2, 0.25) is 10.0 Å². The van der Waals surface area contributed by atoms with Crippen LogP contribution in [-0.2, 0) is 21.4 Å². The molecule has 2 aliphatic rings. The number of benzene rings is 1. The van der Waals surface area contributed by atoms with Crippen molar-refractivity contribution >= 4 is 26.8 Å². The molecule has 1 aromatic heterocycles. The zero-order valence-electron chi connectivity index (χ0n) is 16.1. The SMILES string of the molecule is C#CC1(NS(=O)(=O)c2ccc3c(c2)c(=O)n(NC(=O)C=C)c(=O)n3CC2CC2)CC1. The van der Waals surface area contributed by atoms with E-state index in [1.807, 2.05) is 0 Å². The van der Waals surface area contributed by atoms with Crippen molar-refractivity contribution in [2.75, 3.05) is 5.43 Å². The number of carbonyl (C=O) groups is 1. The van der Waals surface area contributed by atoms with Crippen molar-refractivity contribution in [3.05, 3.63) is 51.7 Å². The predicted octanol–water partition coefficient (Wildman–Crippen LogP) is 0.273. The minimum absolute atomic E-state index is 0.00644. The number of nitrogens with one attached hydrogen (secondary N) is 2. The standard InChI is InChI=1S/C20H20N4O5S/c1-3-17(25)21-24-18(26)15-11-14(30(28,29)22-20(4-2)9-10-20)7-8-16(15)23(19(24)27)12-13-5-6-13/h2-3,7-8,11,13,22H,1,5-6,9-10,12H2,(H,21,25). The highest BCUT2D eigenvalue weighted by molar-refractivity contribution is 7.89. The lowest BCUT2D eigenvalue weighted by molar-refractivity contribution is -0.112. The number of hydrogen-bond acceptors (Lipinski definition) is 5. The van der Waals surface area contributed by atoms with Gasteiger partial charge in [-0.1, -0.05) is 12.5 Å². The van der Waals surface area contributed by atoms with Gasteiger partial charge in [0, 0.05) is 6.54 Å². The molecule has 2 fully saturated rings. The highest BCUT2D eigenvalue weighted by Crippen LogP contribution is 2.36. The van der Waals surface area contributed by atoms with Crippen LogP contribution in [-0.4, -0.2) is 29.1 Å². The lowest BCUT2D eigenvalue weighted by Gasteiger charge is -2.16. The Kier molecular flexibility index (Phi) is 4.67. The highest BCUT2D eigenvalue weighted by atomic mass is 32.2. The number of sulfonamides is 1. The van der Waals surface area contributed by atoms with E-state index in [1.54, 1.807) is 0 Å². The van der Waals surface area contributed by atoms with Crippen molar-refractivity contribution in [1.82, 2.24) is 14.0 Å². The molecule has 0 bridgehead atoms. The number of aromatic nitrogens is 2. The second-order valence-electron chi connectivity index (χ2n) is 7.67. The zero-order chi connectivity index (χ0) is 21.7. The van der Waals surface area contributed by atoms with Crippen LogP contribution >= 0.6 is 0 Å². The van der Waals surface area contributed by atoms with Gasteiger partial charge < -0.3 is 0 Å². The molecular formula is C20H20N4O5S. The van der Waals surface area contributed by atoms with E-state index in [0.717, 1.165) is 18.9 Å². The second kappa shape index (κ2) is 6.97. The summed E-state index contributed by atoms with van der Waals surface area (Å²) in [6.45, 7) is 3.68. The largest absolute Gasteiger partial charge is 0.350 e. The smallest absolute Gasteiger partial charge is 0.291 e. The minimum atomic E-state index is -3.98. The summed E-state index contributed by atoms with van der Waals surface area (Å²) in [6.07, 6.45) is 9.34. The Bertz CT molecular complexity index is 1340. The maximum Gasteiger partial charge on any atom is 0.350 e. The molecule has 9 nitrogen and oxygen atoms in total. The molecule has 1 aromatic carbocycles. The van der Waals surface area contributed by atoms with Gasteiger partial charge in [0.15, 0.2) is 0 Å². The van der Waals surface area contributed by atoms with Gasteiger partial charge in [0.05, 0.1) is 21.3 Å². The quantitative estimate of drug-likeness (QED) is 0.485. The van der Waals surface area contributed by atoms with Crippen LogP contribution in [0.25, 0.3) is 10.9 Å². The number of carbonyl (C=O) groups excluding carboxylic acids is 1. The number of nitrogens with zero attached hydrogens (tertiary/aromatic N) is 2. The first kappa shape index (κ1) is 20.1. The summed E-state index contributed by atoms with van der Waals surface area (Å²) < 4.78 is 30.0. The first-order chi connectivity index (χ1) is 14.2. The number of terminal acetylenes is 1. The third-order valence-corrected chi connectivity index (χ3v) is 6.86. The van der Waals surface area contributed by atoms with E-state index in [-0.39, 0.29) is 10.3 Å². The van der Waals surface area contributed by atoms with E-state index in [0.29, 0.717) is 35.5 Å². The van der Waals surface area contributed by atoms with Crippen LogP contribution in [0.3, 0.4) is 0 Å². The van der Waals surface area contributed by atoms with E-state index in [1.165, 1.54) is 22.8 Å². The molecule has 30 heavy (non-hydrogen) atoms. The van der Waals surface area contributed by atoms with Gasteiger partial charge in [-0.15, -0.1) is 6.42 Å². The summed E-state index contributed by atoms with van der Waals surface area (Å²) in [5.74, 6) is 2.01. The first-order valence-electron chi connectivity index (χ1n) is 9.44. The average molecular weight is 428 g/mol. The molecule has 0 saturated heterocycles. The van der Waals surface area contributed by atoms with Gasteiger partial charge in [-0.3, -0.25) is 19.6 Å². The Morgan fingerprint density at radius 2 is 2.03 bits per heavy atom. The molecule has 2 aliphatic carbocycles. The van der Waals surface area contributed by atoms with Crippen molar-refractivity contribution in [3.8, 4) is 12.3 Å². The monoisotopic (exact) mass is 428 g/mol. The van der Waals surface area contributed by atoms with Gasteiger partial charge in [0.25, 0.3) is 11.5 Å². The minimum Gasteiger partial charge on any atom is -0.291 e. The number of amides is 1. The average Bonchev–Trinajstić information content (AvgIpc) is 3.65. The lowest BCUT2D eigenvalue weighted by atomic mass is 10.2. The van der Waals surface area contributed by atoms with Crippen LogP contribution in [0.5, 0.6) is 0 Å². The highest BCUT2D eigenvalue weighted by Gasteiger charge is 2.44. The molecule has 1 heterocycles. The Morgan fingerprint density at radius 3 is 2.60 bits per heavy atom. The van der Waals surface area contributed by atoms with E-state index >= 15 is 0 Å².